The van der Waals surface area contributed by atoms with Gasteiger partial charge in [0.1, 0.15) is 17.2 Å². The smallest absolute Gasteiger partial charge is 0.407 e. The maximum atomic E-state index is 15.3. The number of methoxy groups -OCH3 is 1. The number of piperidine rings is 1. The van der Waals surface area contributed by atoms with E-state index in [2.05, 4.69) is 10.6 Å². The Balaban J connectivity index is 0.00000216. The van der Waals surface area contributed by atoms with Gasteiger partial charge in [-0.1, -0.05) is 30.1 Å². The Labute approximate surface area is 268 Å². The number of hydrogen-bond acceptors (Lipinski definition) is 7. The Morgan fingerprint density at radius 3 is 2.45 bits per heavy atom. The Kier molecular flexibility index (Phi) is 14.5. The number of anilines is 1. The Hall–Kier alpha value is -2.74. The number of carbonyl (C=O) groups excluding carboxylic acids is 2. The van der Waals surface area contributed by atoms with Gasteiger partial charge in [-0.15, -0.1) is 0 Å². The van der Waals surface area contributed by atoms with Gasteiger partial charge in [0.25, 0.3) is 5.91 Å². The van der Waals surface area contributed by atoms with E-state index in [1.807, 2.05) is 4.90 Å². The molecule has 1 saturated heterocycles. The average molecular weight is 684 g/mol. The van der Waals surface area contributed by atoms with Crippen LogP contribution in [0, 0.1) is 5.82 Å². The Bertz CT molecular complexity index is 1350. The summed E-state index contributed by atoms with van der Waals surface area (Å²) in [5, 5.41) is 5.86. The summed E-state index contributed by atoms with van der Waals surface area (Å²) in [4.78, 5) is 27.6. The average Bonchev–Trinajstić information content (AvgIpc) is 2.94. The summed E-state index contributed by atoms with van der Waals surface area (Å²) in [5.74, 6) is -0.639. The molecule has 0 aromatic heterocycles. The summed E-state index contributed by atoms with van der Waals surface area (Å²) >= 11 is 12.7. The molecule has 9 nitrogen and oxygen atoms in total. The normalized spacial score (nSPS) is 15.9. The maximum absolute atomic E-state index is 15.3. The number of nitrogens with one attached hydrogen (secondary N) is 2. The van der Waals surface area contributed by atoms with Gasteiger partial charge < -0.3 is 25.8 Å². The van der Waals surface area contributed by atoms with Crippen LogP contribution in [0.5, 0.6) is 5.75 Å². The van der Waals surface area contributed by atoms with Crippen molar-refractivity contribution in [3.8, 4) is 5.75 Å². The lowest BCUT2D eigenvalue weighted by molar-refractivity contribution is 0.0469. The molecule has 4 N–H and O–H groups in total. The van der Waals surface area contributed by atoms with Gasteiger partial charge in [0.05, 0.1) is 39.1 Å². The first-order valence-corrected chi connectivity index (χ1v) is 15.9. The number of nitrogen functional groups attached to an aromatic ring is 1. The van der Waals surface area contributed by atoms with Gasteiger partial charge in [-0.2, -0.15) is 0 Å². The quantitative estimate of drug-likeness (QED) is 0.271. The van der Waals surface area contributed by atoms with Crippen LogP contribution < -0.4 is 21.1 Å². The maximum Gasteiger partial charge on any atom is 0.407 e. The van der Waals surface area contributed by atoms with Gasteiger partial charge in [-0.05, 0) is 57.9 Å². The second-order valence-electron chi connectivity index (χ2n) is 10.8. The molecule has 15 heteroatoms. The molecule has 246 valence electrons. The number of benzene rings is 2. The molecule has 3 rings (SSSR count). The molecule has 2 aromatic rings. The van der Waals surface area contributed by atoms with Crippen LogP contribution in [0.2, 0.25) is 10.0 Å². The number of nitrogens with two attached hydrogens (primary N) is 1. The zero-order chi connectivity index (χ0) is 33.2. The molecule has 0 spiro atoms. The Morgan fingerprint density at radius 1 is 1.20 bits per heavy atom. The van der Waals surface area contributed by atoms with Gasteiger partial charge in [0.15, 0.2) is 0 Å². The number of rotatable bonds is 9. The lowest BCUT2D eigenvalue weighted by Gasteiger charge is -2.34. The van der Waals surface area contributed by atoms with E-state index >= 15 is 4.39 Å². The van der Waals surface area contributed by atoms with Gasteiger partial charge in [-0.3, -0.25) is 13.9 Å². The number of hydrogen-bond donors (Lipinski definition) is 3. The third-order valence-electron chi connectivity index (χ3n) is 6.45. The van der Waals surface area contributed by atoms with E-state index in [1.54, 1.807) is 39.8 Å². The van der Waals surface area contributed by atoms with E-state index in [-0.39, 0.29) is 41.0 Å². The summed E-state index contributed by atoms with van der Waals surface area (Å²) in [5.41, 5.74) is 6.09. The second-order valence-corrected chi connectivity index (χ2v) is 13.3. The van der Waals surface area contributed by atoms with Crippen molar-refractivity contribution >= 4 is 51.7 Å². The van der Waals surface area contributed by atoms with Crippen LogP contribution in [0.15, 0.2) is 23.1 Å². The minimum absolute atomic E-state index is 0.0446. The zero-order valence-corrected chi connectivity index (χ0v) is 27.7. The molecular formula is C29H39Cl2F3N4O5S. The van der Waals surface area contributed by atoms with Crippen molar-refractivity contribution in [1.29, 1.82) is 0 Å². The van der Waals surface area contributed by atoms with Crippen LogP contribution in [0.1, 0.15) is 62.0 Å². The summed E-state index contributed by atoms with van der Waals surface area (Å²) < 4.78 is 57.9. The first-order chi connectivity index (χ1) is 20.6. The third-order valence-corrected chi connectivity index (χ3v) is 8.54. The lowest BCUT2D eigenvalue weighted by Crippen LogP contribution is -2.48. The molecule has 0 saturated carbocycles. The molecule has 2 amide bonds. The number of alkyl halides is 2. The predicted octanol–water partition coefficient (Wildman–Crippen LogP) is 6.15. The monoisotopic (exact) mass is 682 g/mol. The molecule has 0 radical (unpaired) electrons. The Morgan fingerprint density at radius 2 is 1.86 bits per heavy atom. The lowest BCUT2D eigenvalue weighted by atomic mass is 10.0. The number of alkyl carbamates (subject to hydrolysis) is 1. The van der Waals surface area contributed by atoms with E-state index in [0.717, 1.165) is 18.9 Å². The van der Waals surface area contributed by atoms with E-state index in [9.17, 15) is 22.6 Å². The van der Waals surface area contributed by atoms with Crippen molar-refractivity contribution in [2.45, 2.75) is 70.2 Å². The van der Waals surface area contributed by atoms with Gasteiger partial charge in [0.2, 0.25) is 6.93 Å². The minimum Gasteiger partial charge on any atom is -0.495 e. The summed E-state index contributed by atoms with van der Waals surface area (Å²) in [6.07, 6.45) is 1.05. The fourth-order valence-electron chi connectivity index (χ4n) is 4.60. The van der Waals surface area contributed by atoms with Gasteiger partial charge >= 0.3 is 6.09 Å². The SMILES string of the molecule is CCS(=O)c1c(CNC(=O)c2cc(F)c(CN3CCC[C@@H](NC(=O)OC(C)(C)C)C3)c(Cl)c2N)cc(Cl)cc1OC.FCF. The fraction of sp³-hybridized carbons (Fsp3) is 0.517. The molecule has 1 aliphatic heterocycles. The van der Waals surface area contributed by atoms with Crippen LogP contribution in [0.3, 0.4) is 0 Å². The van der Waals surface area contributed by atoms with Crippen LogP contribution in [0.4, 0.5) is 23.7 Å². The molecule has 1 unspecified atom stereocenters. The summed E-state index contributed by atoms with van der Waals surface area (Å²) in [7, 11) is 0.0574. The molecule has 1 heterocycles. The van der Waals surface area contributed by atoms with Gasteiger partial charge in [-0.25, -0.2) is 18.0 Å². The van der Waals surface area contributed by atoms with Crippen molar-refractivity contribution < 1.29 is 36.4 Å². The minimum atomic E-state index is -1.75. The largest absolute Gasteiger partial charge is 0.495 e. The standard InChI is InChI=1S/C28H37Cl2FN4O5S.CH2F2/c1-6-41(38)25-16(10-17(29)11-22(25)39-5)13-33-26(36)19-12-21(31)20(23(30)24(19)32)15-35-9-7-8-18(14-35)34-27(37)40-28(2,3)4;2-1-3/h10-12,18H,6-9,13-15,32H2,1-5H3,(H,33,36)(H,34,37);1H2/t18-,41?;/m1./s1. The van der Waals surface area contributed by atoms with Gasteiger partial charge in [0, 0.05) is 48.1 Å². The molecule has 1 fully saturated rings. The van der Waals surface area contributed by atoms with Crippen molar-refractivity contribution in [3.05, 3.63) is 50.8 Å². The van der Waals surface area contributed by atoms with Crippen LogP contribution in [-0.2, 0) is 28.6 Å². The number of likely N-dealkylation sites (tertiary alicyclic amines) is 1. The second kappa shape index (κ2) is 17.1. The van der Waals surface area contributed by atoms with Crippen molar-refractivity contribution in [1.82, 2.24) is 15.5 Å². The highest BCUT2D eigenvalue weighted by atomic mass is 35.5. The van der Waals surface area contributed by atoms with Crippen LogP contribution >= 0.6 is 23.2 Å². The molecule has 0 bridgehead atoms. The molecular weight excluding hydrogens is 644 g/mol. The van der Waals surface area contributed by atoms with Crippen molar-refractivity contribution in [2.24, 2.45) is 0 Å². The zero-order valence-electron chi connectivity index (χ0n) is 25.3. The number of ether oxygens (including phenoxy) is 2. The number of halogens is 5. The highest BCUT2D eigenvalue weighted by Crippen LogP contribution is 2.33. The fourth-order valence-corrected chi connectivity index (χ4v) is 6.17. The molecule has 44 heavy (non-hydrogen) atoms. The van der Waals surface area contributed by atoms with E-state index < -0.39 is 41.1 Å². The first-order valence-electron chi connectivity index (χ1n) is 13.8. The van der Waals surface area contributed by atoms with Crippen LogP contribution in [0.25, 0.3) is 0 Å². The van der Waals surface area contributed by atoms with Crippen LogP contribution in [-0.4, -0.2) is 65.6 Å². The number of carbonyl (C=O) groups is 2. The summed E-state index contributed by atoms with van der Waals surface area (Å²) in [6.45, 7) is 6.64. The van der Waals surface area contributed by atoms with Crippen molar-refractivity contribution in [2.75, 3.05) is 38.6 Å². The molecule has 2 atom stereocenters. The predicted molar refractivity (Wildman–Crippen MR) is 167 cm³/mol. The molecule has 0 aliphatic carbocycles. The van der Waals surface area contributed by atoms with Crippen molar-refractivity contribution in [3.63, 3.8) is 0 Å². The summed E-state index contributed by atoms with van der Waals surface area (Å²) in [6, 6.07) is 4.05. The third kappa shape index (κ3) is 10.7. The molecule has 1 aliphatic rings. The number of amides is 2. The highest BCUT2D eigenvalue weighted by Gasteiger charge is 2.27. The topological polar surface area (TPSA) is 123 Å². The van der Waals surface area contributed by atoms with E-state index in [1.165, 1.54) is 7.11 Å². The molecule has 2 aromatic carbocycles. The van der Waals surface area contributed by atoms with E-state index in [4.69, 9.17) is 38.4 Å². The van der Waals surface area contributed by atoms with E-state index in [0.29, 0.717) is 40.1 Å². The number of nitrogens with zero attached hydrogens (tertiary/aromatic N) is 1. The highest BCUT2D eigenvalue weighted by molar-refractivity contribution is 7.85. The first kappa shape index (κ1) is 37.4.